The van der Waals surface area contributed by atoms with E-state index in [0.717, 1.165) is 0 Å². The van der Waals surface area contributed by atoms with E-state index in [-0.39, 0.29) is 22.7 Å². The SMILES string of the molecule is CCS(=O)(=O)Nc1cc(C#N)cc(-c2cn(S(=O)(=O)C3(C)C=C(Br)C=CC3)c3ncccc23)c1. The van der Waals surface area contributed by atoms with Gasteiger partial charge >= 0.3 is 0 Å². The molecule has 1 N–H and O–H groups in total. The van der Waals surface area contributed by atoms with E-state index in [0.29, 0.717) is 27.4 Å². The van der Waals surface area contributed by atoms with Gasteiger partial charge in [0.05, 0.1) is 23.1 Å². The van der Waals surface area contributed by atoms with Crippen molar-refractivity contribution in [3.63, 3.8) is 0 Å². The van der Waals surface area contributed by atoms with Crippen LogP contribution in [0.3, 0.4) is 0 Å². The van der Waals surface area contributed by atoms with Crippen LogP contribution in [0.1, 0.15) is 25.8 Å². The number of halogens is 1. The first-order valence-corrected chi connectivity index (χ1v) is 14.2. The number of aromatic nitrogens is 2. The number of nitrogens with zero attached hydrogens (tertiary/aromatic N) is 3. The standard InChI is InChI=1S/C23H21BrN4O4S2/c1-3-33(29,30)27-19-11-16(14-25)10-17(12-19)21-15-28(22-20(21)7-5-9-26-22)34(31,32)23(2)8-4-6-18(24)13-23/h4-7,9-13,15,27H,3,8H2,1-2H3. The second kappa shape index (κ2) is 8.69. The first-order chi connectivity index (χ1) is 16.0. The van der Waals surface area contributed by atoms with Crippen molar-refractivity contribution < 1.29 is 16.8 Å². The van der Waals surface area contributed by atoms with Crippen molar-refractivity contribution in [2.24, 2.45) is 0 Å². The van der Waals surface area contributed by atoms with Crippen molar-refractivity contribution >= 4 is 52.7 Å². The molecule has 1 aromatic carbocycles. The van der Waals surface area contributed by atoms with Gasteiger partial charge in [0, 0.05) is 27.8 Å². The highest BCUT2D eigenvalue weighted by atomic mass is 79.9. The van der Waals surface area contributed by atoms with Gasteiger partial charge in [0.25, 0.3) is 0 Å². The number of nitrogens with one attached hydrogen (secondary N) is 1. The number of allylic oxidation sites excluding steroid dienone is 3. The highest BCUT2D eigenvalue weighted by Gasteiger charge is 2.40. The Kier molecular flexibility index (Phi) is 6.18. The number of anilines is 1. The number of fused-ring (bicyclic) bond motifs is 1. The molecule has 2 heterocycles. The molecule has 8 nitrogen and oxygen atoms in total. The van der Waals surface area contributed by atoms with E-state index < -0.39 is 24.8 Å². The highest BCUT2D eigenvalue weighted by Crippen LogP contribution is 2.38. The zero-order valence-electron chi connectivity index (χ0n) is 18.4. The molecule has 0 saturated heterocycles. The Morgan fingerprint density at radius 1 is 1.26 bits per heavy atom. The van der Waals surface area contributed by atoms with E-state index in [1.807, 2.05) is 6.07 Å². The van der Waals surface area contributed by atoms with Crippen LogP contribution < -0.4 is 4.72 Å². The molecule has 0 amide bonds. The minimum Gasteiger partial charge on any atom is -0.283 e. The number of sulfonamides is 1. The molecule has 2 aromatic heterocycles. The predicted octanol–water partition coefficient (Wildman–Crippen LogP) is 4.51. The molecular formula is C23H21BrN4O4S2. The fourth-order valence-corrected chi connectivity index (χ4v) is 6.93. The number of hydrogen-bond acceptors (Lipinski definition) is 6. The molecule has 11 heteroatoms. The molecule has 1 atom stereocenters. The lowest BCUT2D eigenvalue weighted by atomic mass is 10.0. The number of rotatable bonds is 6. The van der Waals surface area contributed by atoms with Crippen LogP contribution in [0.5, 0.6) is 0 Å². The molecule has 0 saturated carbocycles. The minimum absolute atomic E-state index is 0.128. The summed E-state index contributed by atoms with van der Waals surface area (Å²) in [6, 6.07) is 10.1. The number of benzene rings is 1. The Morgan fingerprint density at radius 2 is 2.03 bits per heavy atom. The summed E-state index contributed by atoms with van der Waals surface area (Å²) < 4.78 is 54.9. The van der Waals surface area contributed by atoms with E-state index in [2.05, 4.69) is 25.6 Å². The molecular weight excluding hydrogens is 540 g/mol. The average Bonchev–Trinajstić information content (AvgIpc) is 3.19. The number of hydrogen-bond donors (Lipinski definition) is 1. The first-order valence-electron chi connectivity index (χ1n) is 10.3. The van der Waals surface area contributed by atoms with Crippen LogP contribution in [0.4, 0.5) is 5.69 Å². The topological polar surface area (TPSA) is 122 Å². The lowest BCUT2D eigenvalue weighted by molar-refractivity contribution is 0.554. The first kappa shape index (κ1) is 24.2. The van der Waals surface area contributed by atoms with Crippen LogP contribution >= 0.6 is 15.9 Å². The van der Waals surface area contributed by atoms with Crippen LogP contribution in [-0.2, 0) is 20.0 Å². The van der Waals surface area contributed by atoms with E-state index in [4.69, 9.17) is 0 Å². The molecule has 0 aliphatic heterocycles. The number of pyridine rings is 1. The predicted molar refractivity (Wildman–Crippen MR) is 136 cm³/mol. The van der Waals surface area contributed by atoms with Gasteiger partial charge in [0.2, 0.25) is 20.0 Å². The molecule has 34 heavy (non-hydrogen) atoms. The molecule has 0 radical (unpaired) electrons. The van der Waals surface area contributed by atoms with Crippen LogP contribution in [0.25, 0.3) is 22.2 Å². The van der Waals surface area contributed by atoms with Crippen LogP contribution in [0.2, 0.25) is 0 Å². The molecule has 1 aliphatic rings. The van der Waals surface area contributed by atoms with Crippen molar-refractivity contribution in [2.45, 2.75) is 25.0 Å². The molecule has 1 aliphatic carbocycles. The lowest BCUT2D eigenvalue weighted by Crippen LogP contribution is -2.38. The molecule has 0 fully saturated rings. The molecule has 3 aromatic rings. The fraction of sp³-hybridized carbons (Fsp3) is 0.217. The third-order valence-electron chi connectivity index (χ3n) is 5.65. The molecule has 176 valence electrons. The van der Waals surface area contributed by atoms with Gasteiger partial charge < -0.3 is 0 Å². The monoisotopic (exact) mass is 560 g/mol. The van der Waals surface area contributed by atoms with Crippen molar-refractivity contribution in [1.29, 1.82) is 5.26 Å². The highest BCUT2D eigenvalue weighted by molar-refractivity contribution is 9.11. The Labute approximate surface area is 206 Å². The van der Waals surface area contributed by atoms with Gasteiger partial charge in [-0.3, -0.25) is 4.72 Å². The third kappa shape index (κ3) is 4.29. The van der Waals surface area contributed by atoms with Crippen LogP contribution in [-0.4, -0.2) is 36.3 Å². The lowest BCUT2D eigenvalue weighted by Gasteiger charge is -2.27. The van der Waals surface area contributed by atoms with E-state index in [1.54, 1.807) is 49.4 Å². The van der Waals surface area contributed by atoms with Crippen molar-refractivity contribution in [2.75, 3.05) is 10.5 Å². The summed E-state index contributed by atoms with van der Waals surface area (Å²) in [6.45, 7) is 3.16. The summed E-state index contributed by atoms with van der Waals surface area (Å²) in [6.07, 6.45) is 8.54. The Hall–Kier alpha value is -2.94. The van der Waals surface area contributed by atoms with Crippen LogP contribution in [0, 0.1) is 11.3 Å². The Bertz CT molecular complexity index is 1620. The van der Waals surface area contributed by atoms with Gasteiger partial charge in [0.1, 0.15) is 4.75 Å². The summed E-state index contributed by atoms with van der Waals surface area (Å²) >= 11 is 3.37. The summed E-state index contributed by atoms with van der Waals surface area (Å²) in [4.78, 5) is 4.33. The van der Waals surface area contributed by atoms with Gasteiger partial charge in [-0.05, 0) is 62.2 Å². The smallest absolute Gasteiger partial charge is 0.249 e. The van der Waals surface area contributed by atoms with Crippen molar-refractivity contribution in [1.82, 2.24) is 8.96 Å². The maximum absolute atomic E-state index is 13.8. The molecule has 4 rings (SSSR count). The summed E-state index contributed by atoms with van der Waals surface area (Å²) in [7, 11) is -7.52. The van der Waals surface area contributed by atoms with Crippen LogP contribution in [0.15, 0.2) is 65.4 Å². The maximum Gasteiger partial charge on any atom is 0.249 e. The van der Waals surface area contributed by atoms with Gasteiger partial charge in [-0.2, -0.15) is 5.26 Å². The zero-order valence-corrected chi connectivity index (χ0v) is 21.6. The average molecular weight is 561 g/mol. The summed E-state index contributed by atoms with van der Waals surface area (Å²) in [5.74, 6) is -0.128. The second-order valence-corrected chi connectivity index (χ2v) is 13.3. The maximum atomic E-state index is 13.8. The number of nitriles is 1. The third-order valence-corrected chi connectivity index (χ3v) is 9.71. The normalized spacial score (nSPS) is 18.5. The molecule has 1 unspecified atom stereocenters. The zero-order chi connectivity index (χ0) is 24.7. The van der Waals surface area contributed by atoms with Gasteiger partial charge in [0.15, 0.2) is 5.65 Å². The Balaban J connectivity index is 1.94. The van der Waals surface area contributed by atoms with E-state index in [9.17, 15) is 22.1 Å². The minimum atomic E-state index is -3.95. The van der Waals surface area contributed by atoms with Crippen molar-refractivity contribution in [3.8, 4) is 17.2 Å². The van der Waals surface area contributed by atoms with E-state index >= 15 is 0 Å². The quantitative estimate of drug-likeness (QED) is 0.473. The van der Waals surface area contributed by atoms with Gasteiger partial charge in [-0.1, -0.05) is 28.1 Å². The molecule has 0 bridgehead atoms. The summed E-state index contributed by atoms with van der Waals surface area (Å²) in [5, 5.41) is 10.1. The fourth-order valence-electron chi connectivity index (χ4n) is 3.81. The summed E-state index contributed by atoms with van der Waals surface area (Å²) in [5.41, 5.74) is 1.70. The largest absolute Gasteiger partial charge is 0.283 e. The molecule has 0 spiro atoms. The second-order valence-electron chi connectivity index (χ2n) is 8.08. The van der Waals surface area contributed by atoms with Gasteiger partial charge in [-0.15, -0.1) is 0 Å². The van der Waals surface area contributed by atoms with Crippen molar-refractivity contribution in [3.05, 3.63) is 71.0 Å². The van der Waals surface area contributed by atoms with E-state index in [1.165, 1.54) is 29.4 Å². The van der Waals surface area contributed by atoms with Gasteiger partial charge in [-0.25, -0.2) is 25.8 Å². The Morgan fingerprint density at radius 3 is 2.71 bits per heavy atom.